The molecule has 4 rings (SSSR count). The number of ether oxygens (including phenoxy) is 1. The fourth-order valence-electron chi connectivity index (χ4n) is 2.68. The SMILES string of the molecule is COC(=O)c1ccc(CSc2nnc(-c3ccncc3)n2-c2ccc(F)cc2)o1. The molecule has 0 aliphatic heterocycles. The van der Waals surface area contributed by atoms with Gasteiger partial charge in [0.25, 0.3) is 0 Å². The van der Waals surface area contributed by atoms with Crippen LogP contribution >= 0.6 is 11.8 Å². The van der Waals surface area contributed by atoms with Gasteiger partial charge in [0.1, 0.15) is 11.6 Å². The maximum Gasteiger partial charge on any atom is 0.373 e. The van der Waals surface area contributed by atoms with E-state index in [1.807, 2.05) is 16.7 Å². The molecule has 3 heterocycles. The first-order chi connectivity index (χ1) is 14.2. The predicted molar refractivity (Wildman–Crippen MR) is 104 cm³/mol. The summed E-state index contributed by atoms with van der Waals surface area (Å²) in [6.07, 6.45) is 3.34. The Hall–Kier alpha value is -3.46. The molecule has 9 heteroatoms. The Morgan fingerprint density at radius 2 is 1.86 bits per heavy atom. The molecule has 0 fully saturated rings. The van der Waals surface area contributed by atoms with Crippen LogP contribution in [-0.4, -0.2) is 32.8 Å². The molecule has 1 aromatic carbocycles. The van der Waals surface area contributed by atoms with Crippen molar-refractivity contribution in [3.05, 3.63) is 78.3 Å². The standard InChI is InChI=1S/C20H15FN4O3S/c1-27-19(26)17-7-6-16(28-17)12-29-20-24-23-18(13-8-10-22-11-9-13)25(20)15-4-2-14(21)3-5-15/h2-11H,12H2,1H3. The van der Waals surface area contributed by atoms with Crippen molar-refractivity contribution in [2.24, 2.45) is 0 Å². The molecule has 0 spiro atoms. The molecule has 0 saturated carbocycles. The molecule has 0 saturated heterocycles. The topological polar surface area (TPSA) is 83.0 Å². The van der Waals surface area contributed by atoms with Crippen molar-refractivity contribution in [2.75, 3.05) is 7.11 Å². The average molecular weight is 410 g/mol. The Bertz CT molecular complexity index is 1130. The third kappa shape index (κ3) is 4.04. The maximum atomic E-state index is 13.4. The third-order valence-corrected chi connectivity index (χ3v) is 5.00. The molecule has 0 N–H and O–H groups in total. The number of carbonyl (C=O) groups is 1. The van der Waals surface area contributed by atoms with E-state index >= 15 is 0 Å². The summed E-state index contributed by atoms with van der Waals surface area (Å²) in [6, 6.07) is 13.0. The van der Waals surface area contributed by atoms with Crippen LogP contribution in [-0.2, 0) is 10.5 Å². The van der Waals surface area contributed by atoms with Crippen LogP contribution in [0.4, 0.5) is 4.39 Å². The van der Waals surface area contributed by atoms with Gasteiger partial charge < -0.3 is 9.15 Å². The van der Waals surface area contributed by atoms with Gasteiger partial charge in [-0.2, -0.15) is 0 Å². The fourth-order valence-corrected chi connectivity index (χ4v) is 3.52. The minimum Gasteiger partial charge on any atom is -0.463 e. The number of pyridine rings is 1. The van der Waals surface area contributed by atoms with Crippen molar-refractivity contribution in [2.45, 2.75) is 10.9 Å². The second-order valence-electron chi connectivity index (χ2n) is 5.90. The van der Waals surface area contributed by atoms with Gasteiger partial charge in [0.05, 0.1) is 12.9 Å². The number of esters is 1. The Balaban J connectivity index is 1.66. The number of hydrogen-bond acceptors (Lipinski definition) is 7. The Kier molecular flexibility index (Phi) is 5.39. The lowest BCUT2D eigenvalue weighted by atomic mass is 10.2. The van der Waals surface area contributed by atoms with Crippen molar-refractivity contribution in [3.8, 4) is 17.1 Å². The Labute approximate surface area is 169 Å². The van der Waals surface area contributed by atoms with Crippen molar-refractivity contribution in [1.29, 1.82) is 0 Å². The average Bonchev–Trinajstić information content (AvgIpc) is 3.40. The van der Waals surface area contributed by atoms with Crippen molar-refractivity contribution >= 4 is 17.7 Å². The van der Waals surface area contributed by atoms with E-state index < -0.39 is 5.97 Å². The summed E-state index contributed by atoms with van der Waals surface area (Å²) >= 11 is 1.38. The zero-order valence-electron chi connectivity index (χ0n) is 15.3. The third-order valence-electron chi connectivity index (χ3n) is 4.05. The van der Waals surface area contributed by atoms with Crippen LogP contribution in [0.5, 0.6) is 0 Å². The van der Waals surface area contributed by atoms with E-state index in [2.05, 4.69) is 19.9 Å². The van der Waals surface area contributed by atoms with E-state index in [1.165, 1.54) is 31.0 Å². The second-order valence-corrected chi connectivity index (χ2v) is 6.84. The lowest BCUT2D eigenvalue weighted by Crippen LogP contribution is -2.00. The van der Waals surface area contributed by atoms with Gasteiger partial charge in [-0.25, -0.2) is 9.18 Å². The highest BCUT2D eigenvalue weighted by atomic mass is 32.2. The van der Waals surface area contributed by atoms with Gasteiger partial charge in [-0.15, -0.1) is 10.2 Å². The molecule has 0 radical (unpaired) electrons. The molecule has 0 unspecified atom stereocenters. The normalized spacial score (nSPS) is 10.8. The molecule has 146 valence electrons. The summed E-state index contributed by atoms with van der Waals surface area (Å²) in [5.41, 5.74) is 1.55. The molecule has 0 aliphatic carbocycles. The van der Waals surface area contributed by atoms with E-state index in [0.717, 1.165) is 11.3 Å². The van der Waals surface area contributed by atoms with E-state index in [9.17, 15) is 9.18 Å². The minimum atomic E-state index is -0.532. The van der Waals surface area contributed by atoms with Crippen LogP contribution in [0.3, 0.4) is 0 Å². The summed E-state index contributed by atoms with van der Waals surface area (Å²) in [4.78, 5) is 15.6. The first kappa shape index (κ1) is 18.9. The van der Waals surface area contributed by atoms with Crippen LogP contribution < -0.4 is 0 Å². The van der Waals surface area contributed by atoms with E-state index in [1.54, 1.807) is 36.7 Å². The number of furan rings is 1. The Morgan fingerprint density at radius 1 is 1.10 bits per heavy atom. The number of aromatic nitrogens is 4. The van der Waals surface area contributed by atoms with Crippen molar-refractivity contribution in [1.82, 2.24) is 19.7 Å². The number of rotatable bonds is 6. The highest BCUT2D eigenvalue weighted by Gasteiger charge is 2.18. The summed E-state index contributed by atoms with van der Waals surface area (Å²) in [7, 11) is 1.30. The minimum absolute atomic E-state index is 0.139. The zero-order valence-corrected chi connectivity index (χ0v) is 16.1. The predicted octanol–water partition coefficient (Wildman–Crippen LogP) is 4.14. The van der Waals surface area contributed by atoms with Crippen molar-refractivity contribution < 1.29 is 18.3 Å². The number of carbonyl (C=O) groups excluding carboxylic acids is 1. The molecule has 4 aromatic rings. The highest BCUT2D eigenvalue weighted by molar-refractivity contribution is 7.98. The van der Waals surface area contributed by atoms with E-state index in [-0.39, 0.29) is 11.6 Å². The summed E-state index contributed by atoms with van der Waals surface area (Å²) in [5.74, 6) is 0.904. The van der Waals surface area contributed by atoms with E-state index in [0.29, 0.717) is 22.5 Å². The zero-order chi connectivity index (χ0) is 20.2. The van der Waals surface area contributed by atoms with Gasteiger partial charge >= 0.3 is 5.97 Å². The van der Waals surface area contributed by atoms with Gasteiger partial charge in [0.15, 0.2) is 11.0 Å². The van der Waals surface area contributed by atoms with Gasteiger partial charge in [0.2, 0.25) is 5.76 Å². The quantitative estimate of drug-likeness (QED) is 0.349. The van der Waals surface area contributed by atoms with Gasteiger partial charge in [0, 0.05) is 23.6 Å². The summed E-state index contributed by atoms with van der Waals surface area (Å²) in [6.45, 7) is 0. The highest BCUT2D eigenvalue weighted by Crippen LogP contribution is 2.30. The lowest BCUT2D eigenvalue weighted by Gasteiger charge is -2.10. The van der Waals surface area contributed by atoms with Crippen LogP contribution in [0, 0.1) is 5.82 Å². The lowest BCUT2D eigenvalue weighted by molar-refractivity contribution is 0.0563. The van der Waals surface area contributed by atoms with Crippen LogP contribution in [0.2, 0.25) is 0 Å². The smallest absolute Gasteiger partial charge is 0.373 e. The molecule has 29 heavy (non-hydrogen) atoms. The van der Waals surface area contributed by atoms with Gasteiger partial charge in [-0.3, -0.25) is 9.55 Å². The van der Waals surface area contributed by atoms with Crippen LogP contribution in [0.1, 0.15) is 16.3 Å². The van der Waals surface area contributed by atoms with E-state index in [4.69, 9.17) is 4.42 Å². The molecule has 3 aromatic heterocycles. The van der Waals surface area contributed by atoms with Gasteiger partial charge in [-0.05, 0) is 48.5 Å². The molecule has 0 amide bonds. The number of thioether (sulfide) groups is 1. The second kappa shape index (κ2) is 8.27. The molecule has 0 bridgehead atoms. The van der Waals surface area contributed by atoms with Crippen molar-refractivity contribution in [3.63, 3.8) is 0 Å². The first-order valence-corrected chi connectivity index (χ1v) is 9.56. The largest absolute Gasteiger partial charge is 0.463 e. The first-order valence-electron chi connectivity index (χ1n) is 8.57. The maximum absolute atomic E-state index is 13.4. The molecule has 0 aliphatic rings. The van der Waals surface area contributed by atoms with Crippen LogP contribution in [0.25, 0.3) is 17.1 Å². The molecule has 7 nitrogen and oxygen atoms in total. The summed E-state index contributed by atoms with van der Waals surface area (Å²) < 4.78 is 25.4. The fraction of sp³-hybridized carbons (Fsp3) is 0.100. The number of benzene rings is 1. The molecular weight excluding hydrogens is 395 g/mol. The number of nitrogens with zero attached hydrogens (tertiary/aromatic N) is 4. The number of halogens is 1. The molecule has 0 atom stereocenters. The Morgan fingerprint density at radius 3 is 2.59 bits per heavy atom. The molecular formula is C20H15FN4O3S. The number of hydrogen-bond donors (Lipinski definition) is 0. The monoisotopic (exact) mass is 410 g/mol. The number of methoxy groups -OCH3 is 1. The summed E-state index contributed by atoms with van der Waals surface area (Å²) in [5, 5.41) is 9.20. The van der Waals surface area contributed by atoms with Crippen LogP contribution in [0.15, 0.2) is 70.5 Å². The van der Waals surface area contributed by atoms with Gasteiger partial charge in [-0.1, -0.05) is 11.8 Å².